The molecule has 2 aromatic carbocycles. The van der Waals surface area contributed by atoms with Gasteiger partial charge in [0.1, 0.15) is 5.75 Å². The van der Waals surface area contributed by atoms with Crippen LogP contribution in [0.25, 0.3) is 11.1 Å². The monoisotopic (exact) mass is 280 g/mol. The van der Waals surface area contributed by atoms with Gasteiger partial charge in [-0.2, -0.15) is 0 Å². The Morgan fingerprint density at radius 2 is 1.60 bits per heavy atom. The molecule has 4 heteroatoms. The average molecular weight is 280 g/mol. The van der Waals surface area contributed by atoms with E-state index < -0.39 is 6.36 Å². The molecule has 0 radical (unpaired) electrons. The van der Waals surface area contributed by atoms with Crippen molar-refractivity contribution in [2.24, 2.45) is 0 Å². The standard InChI is InChI=1S/C16H15F3O/c1-11(2)13-8-9-15(20-16(17,18)19)14(10-13)12-6-4-3-5-7-12/h3-11H,1-2H3. The van der Waals surface area contributed by atoms with E-state index in [2.05, 4.69) is 4.74 Å². The van der Waals surface area contributed by atoms with Crippen molar-refractivity contribution in [3.8, 4) is 16.9 Å². The van der Waals surface area contributed by atoms with Crippen LogP contribution in [0.1, 0.15) is 25.3 Å². The smallest absolute Gasteiger partial charge is 0.405 e. The fourth-order valence-electron chi connectivity index (χ4n) is 1.96. The summed E-state index contributed by atoms with van der Waals surface area (Å²) >= 11 is 0. The predicted molar refractivity (Wildman–Crippen MR) is 72.7 cm³/mol. The molecule has 20 heavy (non-hydrogen) atoms. The van der Waals surface area contributed by atoms with Crippen LogP contribution in [0, 0.1) is 0 Å². The molecule has 0 N–H and O–H groups in total. The van der Waals surface area contributed by atoms with Crippen LogP contribution in [-0.2, 0) is 0 Å². The Hall–Kier alpha value is -1.97. The first-order chi connectivity index (χ1) is 9.37. The fraction of sp³-hybridized carbons (Fsp3) is 0.250. The van der Waals surface area contributed by atoms with Crippen molar-refractivity contribution in [2.75, 3.05) is 0 Å². The minimum Gasteiger partial charge on any atom is -0.405 e. The normalized spacial score (nSPS) is 11.7. The lowest BCUT2D eigenvalue weighted by molar-refractivity contribution is -0.274. The van der Waals surface area contributed by atoms with E-state index in [0.717, 1.165) is 5.56 Å². The number of ether oxygens (including phenoxy) is 1. The second kappa shape index (κ2) is 5.57. The van der Waals surface area contributed by atoms with Crippen LogP contribution < -0.4 is 4.74 Å². The van der Waals surface area contributed by atoms with Crippen molar-refractivity contribution in [1.82, 2.24) is 0 Å². The van der Waals surface area contributed by atoms with Crippen LogP contribution in [0.15, 0.2) is 48.5 Å². The molecule has 0 heterocycles. The third-order valence-corrected chi connectivity index (χ3v) is 2.98. The zero-order valence-corrected chi connectivity index (χ0v) is 11.2. The lowest BCUT2D eigenvalue weighted by Crippen LogP contribution is -2.17. The summed E-state index contributed by atoms with van der Waals surface area (Å²) in [5, 5.41) is 0. The van der Waals surface area contributed by atoms with Crippen molar-refractivity contribution in [1.29, 1.82) is 0 Å². The summed E-state index contributed by atoms with van der Waals surface area (Å²) in [7, 11) is 0. The SMILES string of the molecule is CC(C)c1ccc(OC(F)(F)F)c(-c2ccccc2)c1. The molecule has 2 rings (SSSR count). The van der Waals surface area contributed by atoms with Gasteiger partial charge in [-0.15, -0.1) is 13.2 Å². The van der Waals surface area contributed by atoms with Crippen LogP contribution >= 0.6 is 0 Å². The molecule has 106 valence electrons. The molecular formula is C16H15F3O. The number of halogens is 3. The molecule has 0 fully saturated rings. The van der Waals surface area contributed by atoms with Crippen LogP contribution in [0.4, 0.5) is 13.2 Å². The van der Waals surface area contributed by atoms with E-state index >= 15 is 0 Å². The van der Waals surface area contributed by atoms with Crippen molar-refractivity contribution in [3.05, 3.63) is 54.1 Å². The minimum atomic E-state index is -4.69. The summed E-state index contributed by atoms with van der Waals surface area (Å²) in [6.45, 7) is 3.99. The molecule has 1 nitrogen and oxygen atoms in total. The van der Waals surface area contributed by atoms with Gasteiger partial charge in [-0.05, 0) is 29.2 Å². The molecule has 0 aliphatic carbocycles. The van der Waals surface area contributed by atoms with Gasteiger partial charge in [-0.1, -0.05) is 50.2 Å². The lowest BCUT2D eigenvalue weighted by Gasteiger charge is -2.16. The van der Waals surface area contributed by atoms with Crippen molar-refractivity contribution in [2.45, 2.75) is 26.1 Å². The van der Waals surface area contributed by atoms with Gasteiger partial charge >= 0.3 is 6.36 Å². The Balaban J connectivity index is 2.52. The molecule has 0 aromatic heterocycles. The van der Waals surface area contributed by atoms with Crippen LogP contribution in [0.2, 0.25) is 0 Å². The maximum atomic E-state index is 12.5. The quantitative estimate of drug-likeness (QED) is 0.733. The van der Waals surface area contributed by atoms with Gasteiger partial charge in [0.25, 0.3) is 0 Å². The Morgan fingerprint density at radius 3 is 2.15 bits per heavy atom. The van der Waals surface area contributed by atoms with Gasteiger partial charge in [0, 0.05) is 5.56 Å². The molecule has 0 bridgehead atoms. The van der Waals surface area contributed by atoms with Gasteiger partial charge in [-0.25, -0.2) is 0 Å². The van der Waals surface area contributed by atoms with E-state index in [4.69, 9.17) is 0 Å². The highest BCUT2D eigenvalue weighted by Gasteiger charge is 2.32. The second-order valence-electron chi connectivity index (χ2n) is 4.82. The number of benzene rings is 2. The molecule has 0 atom stereocenters. The minimum absolute atomic E-state index is 0.173. The fourth-order valence-corrected chi connectivity index (χ4v) is 1.96. The molecule has 0 aliphatic heterocycles. The molecule has 0 aliphatic rings. The van der Waals surface area contributed by atoms with Crippen LogP contribution in [-0.4, -0.2) is 6.36 Å². The third-order valence-electron chi connectivity index (χ3n) is 2.98. The Labute approximate surface area is 116 Å². The first kappa shape index (κ1) is 14.4. The third kappa shape index (κ3) is 3.53. The lowest BCUT2D eigenvalue weighted by atomic mass is 9.96. The molecule has 0 unspecified atom stereocenters. The topological polar surface area (TPSA) is 9.23 Å². The van der Waals surface area contributed by atoms with E-state index in [1.165, 1.54) is 6.07 Å². The summed E-state index contributed by atoms with van der Waals surface area (Å²) in [6, 6.07) is 13.7. The predicted octanol–water partition coefficient (Wildman–Crippen LogP) is 5.38. The molecule has 0 saturated heterocycles. The molecule has 0 spiro atoms. The van der Waals surface area contributed by atoms with Gasteiger partial charge in [0.2, 0.25) is 0 Å². The summed E-state index contributed by atoms with van der Waals surface area (Å²) < 4.78 is 41.5. The zero-order valence-electron chi connectivity index (χ0n) is 11.2. The zero-order chi connectivity index (χ0) is 14.8. The van der Waals surface area contributed by atoms with Crippen LogP contribution in [0.5, 0.6) is 5.75 Å². The van der Waals surface area contributed by atoms with E-state index in [1.54, 1.807) is 36.4 Å². The Morgan fingerprint density at radius 1 is 0.950 bits per heavy atom. The van der Waals surface area contributed by atoms with E-state index in [9.17, 15) is 13.2 Å². The maximum absolute atomic E-state index is 12.5. The first-order valence-electron chi connectivity index (χ1n) is 6.32. The maximum Gasteiger partial charge on any atom is 0.573 e. The Kier molecular flexibility index (Phi) is 4.02. The van der Waals surface area contributed by atoms with Gasteiger partial charge in [-0.3, -0.25) is 0 Å². The summed E-state index contributed by atoms with van der Waals surface area (Å²) in [6.07, 6.45) is -4.69. The van der Waals surface area contributed by atoms with E-state index in [0.29, 0.717) is 11.1 Å². The Bertz CT molecular complexity index is 574. The van der Waals surface area contributed by atoms with Crippen LogP contribution in [0.3, 0.4) is 0 Å². The molecule has 2 aromatic rings. The van der Waals surface area contributed by atoms with Gasteiger partial charge < -0.3 is 4.74 Å². The van der Waals surface area contributed by atoms with Gasteiger partial charge in [0.05, 0.1) is 0 Å². The molecule has 0 amide bonds. The molecular weight excluding hydrogens is 265 g/mol. The number of hydrogen-bond donors (Lipinski definition) is 0. The largest absolute Gasteiger partial charge is 0.573 e. The van der Waals surface area contributed by atoms with Crippen molar-refractivity contribution < 1.29 is 17.9 Å². The molecule has 0 saturated carbocycles. The average Bonchev–Trinajstić information content (AvgIpc) is 2.38. The highest BCUT2D eigenvalue weighted by atomic mass is 19.4. The number of alkyl halides is 3. The van der Waals surface area contributed by atoms with E-state index in [-0.39, 0.29) is 11.7 Å². The number of rotatable bonds is 3. The summed E-state index contributed by atoms with van der Waals surface area (Å²) in [4.78, 5) is 0. The highest BCUT2D eigenvalue weighted by Crippen LogP contribution is 2.35. The van der Waals surface area contributed by atoms with E-state index in [1.807, 2.05) is 19.9 Å². The van der Waals surface area contributed by atoms with Crippen molar-refractivity contribution >= 4 is 0 Å². The van der Waals surface area contributed by atoms with Crippen molar-refractivity contribution in [3.63, 3.8) is 0 Å². The number of hydrogen-bond acceptors (Lipinski definition) is 1. The summed E-state index contributed by atoms with van der Waals surface area (Å²) in [5.41, 5.74) is 2.13. The summed E-state index contributed by atoms with van der Waals surface area (Å²) in [5.74, 6) is 0.0606. The highest BCUT2D eigenvalue weighted by molar-refractivity contribution is 5.71. The first-order valence-corrected chi connectivity index (χ1v) is 6.32. The second-order valence-corrected chi connectivity index (χ2v) is 4.82. The van der Waals surface area contributed by atoms with Gasteiger partial charge in [0.15, 0.2) is 0 Å².